The van der Waals surface area contributed by atoms with Crippen molar-refractivity contribution in [1.29, 1.82) is 0 Å². The predicted octanol–water partition coefficient (Wildman–Crippen LogP) is 3.77. The average molecular weight is 292 g/mol. The van der Waals surface area contributed by atoms with Gasteiger partial charge in [0.05, 0.1) is 6.61 Å². The molecule has 1 N–H and O–H groups in total. The molecule has 21 heavy (non-hydrogen) atoms. The van der Waals surface area contributed by atoms with Crippen LogP contribution in [0.4, 0.5) is 0 Å². The molecular formula is C18H28O3. The lowest BCUT2D eigenvalue weighted by atomic mass is 10.1. The standard InChI is InChI=1S/C18H28O3/c1-4-7-8-9-10-11-12-13-14-15-17(19)16(5-2)18(20)21-6-3/h17,19H,2,4,6-13H2,1,3H3. The Hall–Kier alpha value is -1.49. The number of unbranched alkanes of at least 4 members (excludes halogenated alkanes) is 7. The summed E-state index contributed by atoms with van der Waals surface area (Å²) in [4.78, 5) is 11.5. The Morgan fingerprint density at radius 1 is 1.14 bits per heavy atom. The Morgan fingerprint density at radius 3 is 2.33 bits per heavy atom. The number of aliphatic hydroxyl groups is 1. The fraction of sp³-hybridized carbons (Fsp3) is 0.667. The zero-order chi connectivity index (χ0) is 15.9. The summed E-state index contributed by atoms with van der Waals surface area (Å²) in [5, 5.41) is 9.79. The summed E-state index contributed by atoms with van der Waals surface area (Å²) in [7, 11) is 0. The maximum Gasteiger partial charge on any atom is 0.345 e. The van der Waals surface area contributed by atoms with E-state index >= 15 is 0 Å². The molecule has 0 fully saturated rings. The highest BCUT2D eigenvalue weighted by atomic mass is 16.5. The second-order valence-corrected chi connectivity index (χ2v) is 4.91. The van der Waals surface area contributed by atoms with Gasteiger partial charge in [-0.05, 0) is 13.3 Å². The Bertz CT molecular complexity index is 394. The van der Waals surface area contributed by atoms with Crippen molar-refractivity contribution in [2.75, 3.05) is 6.61 Å². The molecule has 118 valence electrons. The summed E-state index contributed by atoms with van der Waals surface area (Å²) in [6, 6.07) is 0. The molecule has 1 atom stereocenters. The summed E-state index contributed by atoms with van der Waals surface area (Å²) in [6.07, 6.45) is 8.19. The highest BCUT2D eigenvalue weighted by molar-refractivity contribution is 5.90. The SMILES string of the molecule is C=C=C(C(=O)OCC)C(O)C#CCCCCCCCCC. The summed E-state index contributed by atoms with van der Waals surface area (Å²) in [5.74, 6) is 4.95. The van der Waals surface area contributed by atoms with Crippen LogP contribution in [-0.4, -0.2) is 23.8 Å². The topological polar surface area (TPSA) is 46.5 Å². The number of carbonyl (C=O) groups is 1. The number of esters is 1. The van der Waals surface area contributed by atoms with Gasteiger partial charge in [0.15, 0.2) is 6.10 Å². The normalized spacial score (nSPS) is 11.0. The second-order valence-electron chi connectivity index (χ2n) is 4.91. The molecule has 0 radical (unpaired) electrons. The van der Waals surface area contributed by atoms with Gasteiger partial charge in [0.2, 0.25) is 0 Å². The zero-order valence-corrected chi connectivity index (χ0v) is 13.4. The van der Waals surface area contributed by atoms with Crippen molar-refractivity contribution in [2.24, 2.45) is 0 Å². The minimum atomic E-state index is -1.16. The quantitative estimate of drug-likeness (QED) is 0.219. The third-order valence-electron chi connectivity index (χ3n) is 3.10. The van der Waals surface area contributed by atoms with Crippen molar-refractivity contribution in [3.05, 3.63) is 17.9 Å². The molecule has 0 heterocycles. The Kier molecular flexibility index (Phi) is 12.5. The lowest BCUT2D eigenvalue weighted by Crippen LogP contribution is -2.18. The van der Waals surface area contributed by atoms with Crippen LogP contribution in [0.15, 0.2) is 17.9 Å². The van der Waals surface area contributed by atoms with Crippen LogP contribution >= 0.6 is 0 Å². The molecular weight excluding hydrogens is 264 g/mol. The van der Waals surface area contributed by atoms with E-state index in [0.29, 0.717) is 0 Å². The molecule has 0 aromatic rings. The van der Waals surface area contributed by atoms with E-state index in [4.69, 9.17) is 4.74 Å². The molecule has 1 unspecified atom stereocenters. The van der Waals surface area contributed by atoms with Gasteiger partial charge in [-0.2, -0.15) is 0 Å². The maximum atomic E-state index is 11.5. The maximum absolute atomic E-state index is 11.5. The van der Waals surface area contributed by atoms with E-state index in [1.165, 1.54) is 32.1 Å². The predicted molar refractivity (Wildman–Crippen MR) is 85.7 cm³/mol. The molecule has 0 aromatic carbocycles. The van der Waals surface area contributed by atoms with Crippen LogP contribution in [-0.2, 0) is 9.53 Å². The average Bonchev–Trinajstić information content (AvgIpc) is 2.46. The van der Waals surface area contributed by atoms with Crippen LogP contribution in [0, 0.1) is 11.8 Å². The molecule has 0 saturated carbocycles. The molecule has 0 saturated heterocycles. The minimum absolute atomic E-state index is 0.0103. The monoisotopic (exact) mass is 292 g/mol. The Balaban J connectivity index is 3.93. The molecule has 0 bridgehead atoms. The van der Waals surface area contributed by atoms with E-state index in [-0.39, 0.29) is 12.2 Å². The number of carbonyl (C=O) groups excluding carboxylic acids is 1. The summed E-state index contributed by atoms with van der Waals surface area (Å²) < 4.78 is 4.80. The first kappa shape index (κ1) is 19.5. The van der Waals surface area contributed by atoms with Crippen LogP contribution in [0.2, 0.25) is 0 Å². The zero-order valence-electron chi connectivity index (χ0n) is 13.4. The molecule has 0 amide bonds. The van der Waals surface area contributed by atoms with Crippen LogP contribution in [0.25, 0.3) is 0 Å². The fourth-order valence-electron chi connectivity index (χ4n) is 1.90. The molecule has 0 aliphatic rings. The van der Waals surface area contributed by atoms with Gasteiger partial charge in [-0.25, -0.2) is 4.79 Å². The van der Waals surface area contributed by atoms with E-state index in [9.17, 15) is 9.90 Å². The number of hydrogen-bond acceptors (Lipinski definition) is 3. The number of rotatable bonds is 10. The molecule has 0 aliphatic heterocycles. The highest BCUT2D eigenvalue weighted by Gasteiger charge is 2.17. The van der Waals surface area contributed by atoms with E-state index < -0.39 is 12.1 Å². The highest BCUT2D eigenvalue weighted by Crippen LogP contribution is 2.08. The molecule has 0 spiro atoms. The molecule has 0 aromatic heterocycles. The van der Waals surface area contributed by atoms with Gasteiger partial charge in [0.25, 0.3) is 0 Å². The van der Waals surface area contributed by atoms with Gasteiger partial charge in [0.1, 0.15) is 5.57 Å². The summed E-state index contributed by atoms with van der Waals surface area (Å²) in [6.45, 7) is 7.56. The number of aliphatic hydroxyl groups excluding tert-OH is 1. The smallest absolute Gasteiger partial charge is 0.345 e. The first-order valence-electron chi connectivity index (χ1n) is 7.90. The molecule has 3 nitrogen and oxygen atoms in total. The van der Waals surface area contributed by atoms with E-state index in [2.05, 4.69) is 31.1 Å². The number of ether oxygens (including phenoxy) is 1. The van der Waals surface area contributed by atoms with E-state index in [0.717, 1.165) is 19.3 Å². The van der Waals surface area contributed by atoms with Crippen LogP contribution in [0.1, 0.15) is 65.2 Å². The summed E-state index contributed by atoms with van der Waals surface area (Å²) in [5.41, 5.74) is 2.40. The Labute approximate surface area is 129 Å². The van der Waals surface area contributed by atoms with Gasteiger partial charge >= 0.3 is 5.97 Å². The first-order chi connectivity index (χ1) is 10.2. The molecule has 0 rings (SSSR count). The van der Waals surface area contributed by atoms with Crippen molar-refractivity contribution in [3.8, 4) is 11.8 Å². The van der Waals surface area contributed by atoms with E-state index in [1.54, 1.807) is 6.92 Å². The third-order valence-corrected chi connectivity index (χ3v) is 3.10. The van der Waals surface area contributed by atoms with Crippen LogP contribution in [0.3, 0.4) is 0 Å². The lowest BCUT2D eigenvalue weighted by molar-refractivity contribution is -0.139. The van der Waals surface area contributed by atoms with Crippen molar-refractivity contribution >= 4 is 5.97 Å². The van der Waals surface area contributed by atoms with Crippen molar-refractivity contribution in [2.45, 2.75) is 71.3 Å². The fourth-order valence-corrected chi connectivity index (χ4v) is 1.90. The van der Waals surface area contributed by atoms with Crippen molar-refractivity contribution in [3.63, 3.8) is 0 Å². The van der Waals surface area contributed by atoms with Crippen molar-refractivity contribution in [1.82, 2.24) is 0 Å². The second kappa shape index (κ2) is 13.5. The van der Waals surface area contributed by atoms with E-state index in [1.807, 2.05) is 0 Å². The molecule has 0 aliphatic carbocycles. The minimum Gasteiger partial charge on any atom is -0.462 e. The lowest BCUT2D eigenvalue weighted by Gasteiger charge is -2.05. The molecule has 3 heteroatoms. The van der Waals surface area contributed by atoms with Gasteiger partial charge in [-0.15, -0.1) is 11.7 Å². The number of hydrogen-bond donors (Lipinski definition) is 1. The summed E-state index contributed by atoms with van der Waals surface area (Å²) >= 11 is 0. The van der Waals surface area contributed by atoms with Crippen LogP contribution in [0.5, 0.6) is 0 Å². The first-order valence-corrected chi connectivity index (χ1v) is 7.90. The van der Waals surface area contributed by atoms with Crippen molar-refractivity contribution < 1.29 is 14.6 Å². The van der Waals surface area contributed by atoms with Gasteiger partial charge in [0, 0.05) is 6.42 Å². The van der Waals surface area contributed by atoms with Gasteiger partial charge in [-0.3, -0.25) is 0 Å². The Morgan fingerprint density at radius 2 is 1.76 bits per heavy atom. The third kappa shape index (κ3) is 9.96. The van der Waals surface area contributed by atoms with Crippen LogP contribution < -0.4 is 0 Å². The van der Waals surface area contributed by atoms with Gasteiger partial charge < -0.3 is 9.84 Å². The van der Waals surface area contributed by atoms with Gasteiger partial charge in [-0.1, -0.05) is 57.9 Å². The largest absolute Gasteiger partial charge is 0.462 e.